The standard InChI is InChI=1S/C15H21N3O2/c1-13(11-14-5-3-2-4-6-14)16-17-15(19)12-18-7-9-20-10-8-18/h2-6,16H,1,7-12H2,(H,17,19)/p+1. The number of quaternary nitrogens is 1. The smallest absolute Gasteiger partial charge is 0.293 e. The van der Waals surface area contributed by atoms with Gasteiger partial charge in [0.25, 0.3) is 5.91 Å². The number of morpholine rings is 1. The van der Waals surface area contributed by atoms with Gasteiger partial charge in [0.1, 0.15) is 13.1 Å². The van der Waals surface area contributed by atoms with E-state index in [0.29, 0.717) is 13.0 Å². The Balaban J connectivity index is 1.66. The van der Waals surface area contributed by atoms with Crippen LogP contribution in [-0.4, -0.2) is 38.8 Å². The van der Waals surface area contributed by atoms with Crippen LogP contribution in [0.2, 0.25) is 0 Å². The zero-order valence-corrected chi connectivity index (χ0v) is 11.7. The summed E-state index contributed by atoms with van der Waals surface area (Å²) in [5.74, 6) is -0.0175. The topological polar surface area (TPSA) is 54.8 Å². The maximum atomic E-state index is 11.8. The molecule has 0 bridgehead atoms. The maximum absolute atomic E-state index is 11.8. The molecule has 1 saturated heterocycles. The van der Waals surface area contributed by atoms with Crippen LogP contribution in [0.25, 0.3) is 0 Å². The highest BCUT2D eigenvalue weighted by molar-refractivity contribution is 5.76. The molecule has 0 radical (unpaired) electrons. The first-order valence-electron chi connectivity index (χ1n) is 6.92. The van der Waals surface area contributed by atoms with Crippen molar-refractivity contribution in [2.75, 3.05) is 32.8 Å². The molecule has 0 atom stereocenters. The third-order valence-corrected chi connectivity index (χ3v) is 3.25. The SMILES string of the molecule is C=C(Cc1ccccc1)NNC(=O)C[NH+]1CCOCC1. The van der Waals surface area contributed by atoms with Gasteiger partial charge in [-0.1, -0.05) is 36.9 Å². The molecule has 2 rings (SSSR count). The molecule has 1 aromatic rings. The summed E-state index contributed by atoms with van der Waals surface area (Å²) < 4.78 is 5.26. The maximum Gasteiger partial charge on any atom is 0.293 e. The number of allylic oxidation sites excluding steroid dienone is 1. The van der Waals surface area contributed by atoms with E-state index in [1.54, 1.807) is 0 Å². The first kappa shape index (κ1) is 14.6. The van der Waals surface area contributed by atoms with Crippen molar-refractivity contribution in [3.8, 4) is 0 Å². The second-order valence-electron chi connectivity index (χ2n) is 4.98. The number of rotatable bonds is 6. The third kappa shape index (κ3) is 5.03. The van der Waals surface area contributed by atoms with Crippen LogP contribution < -0.4 is 15.8 Å². The monoisotopic (exact) mass is 276 g/mol. The Morgan fingerprint density at radius 2 is 1.90 bits per heavy atom. The van der Waals surface area contributed by atoms with E-state index in [-0.39, 0.29) is 5.91 Å². The normalized spacial score (nSPS) is 15.6. The summed E-state index contributed by atoms with van der Waals surface area (Å²) in [6, 6.07) is 10.0. The fraction of sp³-hybridized carbons (Fsp3) is 0.400. The number of carbonyl (C=O) groups is 1. The highest BCUT2D eigenvalue weighted by Crippen LogP contribution is 2.02. The van der Waals surface area contributed by atoms with E-state index in [9.17, 15) is 4.79 Å². The molecular formula is C15H22N3O2+. The lowest BCUT2D eigenvalue weighted by molar-refractivity contribution is -0.900. The molecule has 1 fully saturated rings. The van der Waals surface area contributed by atoms with Gasteiger partial charge in [0.15, 0.2) is 6.54 Å². The summed E-state index contributed by atoms with van der Waals surface area (Å²) in [5.41, 5.74) is 7.53. The largest absolute Gasteiger partial charge is 0.370 e. The van der Waals surface area contributed by atoms with Crippen LogP contribution in [0.15, 0.2) is 42.6 Å². The van der Waals surface area contributed by atoms with Crippen LogP contribution in [0.5, 0.6) is 0 Å². The predicted octanol–water partition coefficient (Wildman–Crippen LogP) is -0.721. The fourth-order valence-corrected chi connectivity index (χ4v) is 2.15. The van der Waals surface area contributed by atoms with Gasteiger partial charge >= 0.3 is 0 Å². The van der Waals surface area contributed by atoms with Crippen LogP contribution in [0.1, 0.15) is 5.56 Å². The minimum absolute atomic E-state index is 0.0175. The van der Waals surface area contributed by atoms with Crippen molar-refractivity contribution in [3.05, 3.63) is 48.2 Å². The molecule has 20 heavy (non-hydrogen) atoms. The van der Waals surface area contributed by atoms with Crippen molar-refractivity contribution in [2.45, 2.75) is 6.42 Å². The van der Waals surface area contributed by atoms with E-state index in [4.69, 9.17) is 4.74 Å². The molecule has 0 saturated carbocycles. The molecule has 0 spiro atoms. The van der Waals surface area contributed by atoms with Gasteiger partial charge in [-0.3, -0.25) is 10.2 Å². The Morgan fingerprint density at radius 3 is 2.60 bits per heavy atom. The Bertz CT molecular complexity index is 442. The predicted molar refractivity (Wildman–Crippen MR) is 76.9 cm³/mol. The fourth-order valence-electron chi connectivity index (χ4n) is 2.15. The van der Waals surface area contributed by atoms with Crippen molar-refractivity contribution < 1.29 is 14.4 Å². The second-order valence-corrected chi connectivity index (χ2v) is 4.98. The van der Waals surface area contributed by atoms with Gasteiger partial charge < -0.3 is 15.1 Å². The molecule has 1 aromatic carbocycles. The summed E-state index contributed by atoms with van der Waals surface area (Å²) in [6.45, 7) is 7.62. The highest BCUT2D eigenvalue weighted by atomic mass is 16.5. The van der Waals surface area contributed by atoms with Gasteiger partial charge in [-0.2, -0.15) is 0 Å². The van der Waals surface area contributed by atoms with Crippen molar-refractivity contribution in [1.82, 2.24) is 10.9 Å². The quantitative estimate of drug-likeness (QED) is 0.601. The van der Waals surface area contributed by atoms with Crippen LogP contribution in [0.4, 0.5) is 0 Å². The van der Waals surface area contributed by atoms with Gasteiger partial charge in [0.2, 0.25) is 0 Å². The van der Waals surface area contributed by atoms with Crippen LogP contribution in [-0.2, 0) is 16.0 Å². The van der Waals surface area contributed by atoms with Crippen molar-refractivity contribution in [3.63, 3.8) is 0 Å². The van der Waals surface area contributed by atoms with E-state index in [2.05, 4.69) is 17.4 Å². The number of carbonyl (C=O) groups excluding carboxylic acids is 1. The van der Waals surface area contributed by atoms with E-state index in [1.807, 2.05) is 30.3 Å². The average Bonchev–Trinajstić information content (AvgIpc) is 2.47. The number of hydrogen-bond acceptors (Lipinski definition) is 3. The molecule has 5 nitrogen and oxygen atoms in total. The number of nitrogens with one attached hydrogen (secondary N) is 3. The van der Waals surface area contributed by atoms with Gasteiger partial charge in [-0.15, -0.1) is 0 Å². The number of hydrazine groups is 1. The lowest BCUT2D eigenvalue weighted by atomic mass is 10.1. The minimum atomic E-state index is -0.0175. The number of amides is 1. The van der Waals surface area contributed by atoms with Gasteiger partial charge in [0, 0.05) is 12.1 Å². The average molecular weight is 276 g/mol. The van der Waals surface area contributed by atoms with E-state index >= 15 is 0 Å². The molecule has 5 heteroatoms. The summed E-state index contributed by atoms with van der Waals surface area (Å²) in [7, 11) is 0. The zero-order chi connectivity index (χ0) is 14.2. The lowest BCUT2D eigenvalue weighted by Crippen LogP contribution is -3.15. The molecule has 3 N–H and O–H groups in total. The molecular weight excluding hydrogens is 254 g/mol. The van der Waals surface area contributed by atoms with E-state index < -0.39 is 0 Å². The Morgan fingerprint density at radius 1 is 1.20 bits per heavy atom. The Labute approximate surface area is 119 Å². The lowest BCUT2D eigenvalue weighted by Gasteiger charge is -2.23. The van der Waals surface area contributed by atoms with E-state index in [0.717, 1.165) is 37.6 Å². The first-order chi connectivity index (χ1) is 9.74. The molecule has 1 heterocycles. The van der Waals surface area contributed by atoms with Crippen molar-refractivity contribution in [1.29, 1.82) is 0 Å². The molecule has 1 amide bonds. The molecule has 0 aromatic heterocycles. The Kier molecular flexibility index (Phi) is 5.58. The van der Waals surface area contributed by atoms with Crippen molar-refractivity contribution >= 4 is 5.91 Å². The highest BCUT2D eigenvalue weighted by Gasteiger charge is 2.17. The third-order valence-electron chi connectivity index (χ3n) is 3.25. The Hall–Kier alpha value is -1.85. The second kappa shape index (κ2) is 7.67. The molecule has 0 aliphatic carbocycles. The van der Waals surface area contributed by atoms with Crippen LogP contribution in [0, 0.1) is 0 Å². The summed E-state index contributed by atoms with van der Waals surface area (Å²) in [6.07, 6.45) is 0.700. The molecule has 1 aliphatic rings. The summed E-state index contributed by atoms with van der Waals surface area (Å²) >= 11 is 0. The summed E-state index contributed by atoms with van der Waals surface area (Å²) in [5, 5.41) is 0. The zero-order valence-electron chi connectivity index (χ0n) is 11.7. The minimum Gasteiger partial charge on any atom is -0.370 e. The molecule has 0 unspecified atom stereocenters. The van der Waals surface area contributed by atoms with Gasteiger partial charge in [-0.25, -0.2) is 0 Å². The number of hydrogen-bond donors (Lipinski definition) is 3. The van der Waals surface area contributed by atoms with Crippen LogP contribution >= 0.6 is 0 Å². The number of ether oxygens (including phenoxy) is 1. The first-order valence-corrected chi connectivity index (χ1v) is 6.92. The van der Waals surface area contributed by atoms with E-state index in [1.165, 1.54) is 4.90 Å². The van der Waals surface area contributed by atoms with Crippen molar-refractivity contribution in [2.24, 2.45) is 0 Å². The number of benzene rings is 1. The molecule has 108 valence electrons. The van der Waals surface area contributed by atoms with Crippen LogP contribution in [0.3, 0.4) is 0 Å². The summed E-state index contributed by atoms with van der Waals surface area (Å²) in [4.78, 5) is 13.0. The van der Waals surface area contributed by atoms with Gasteiger partial charge in [-0.05, 0) is 5.56 Å². The van der Waals surface area contributed by atoms with Gasteiger partial charge in [0.05, 0.1) is 13.2 Å². The molecule has 1 aliphatic heterocycles.